The summed E-state index contributed by atoms with van der Waals surface area (Å²) in [6, 6.07) is 8.26. The third-order valence-corrected chi connectivity index (χ3v) is 6.06. The maximum absolute atomic E-state index is 12.7. The van der Waals surface area contributed by atoms with Crippen LogP contribution in [0.25, 0.3) is 0 Å². The van der Waals surface area contributed by atoms with Gasteiger partial charge in [0.25, 0.3) is 0 Å². The third kappa shape index (κ3) is 5.18. The largest absolute Gasteiger partial charge is 0.573 e. The second kappa shape index (κ2) is 7.83. The van der Waals surface area contributed by atoms with Gasteiger partial charge in [0.2, 0.25) is 10.0 Å². The summed E-state index contributed by atoms with van der Waals surface area (Å²) in [7, 11) is -3.89. The maximum Gasteiger partial charge on any atom is 0.573 e. The predicted octanol–water partition coefficient (Wildman–Crippen LogP) is 2.49. The van der Waals surface area contributed by atoms with Crippen molar-refractivity contribution in [3.05, 3.63) is 54.4 Å². The second-order valence-electron chi connectivity index (χ2n) is 6.06. The van der Waals surface area contributed by atoms with Gasteiger partial charge in [0, 0.05) is 51.2 Å². The molecule has 0 bridgehead atoms. The number of alkyl halides is 3. The monoisotopic (exact) mass is 401 g/mol. The fourth-order valence-corrected chi connectivity index (χ4v) is 4.31. The van der Waals surface area contributed by atoms with Crippen molar-refractivity contribution >= 4 is 10.0 Å². The Bertz CT molecular complexity index is 868. The van der Waals surface area contributed by atoms with Gasteiger partial charge in [-0.3, -0.25) is 9.88 Å². The van der Waals surface area contributed by atoms with Crippen LogP contribution < -0.4 is 4.74 Å². The van der Waals surface area contributed by atoms with Gasteiger partial charge in [-0.2, -0.15) is 4.31 Å². The SMILES string of the molecule is O=S(=O)(c1cccc(OC(F)(F)F)c1)N1CCN(Cc2ccncc2)CC1. The number of piperazine rings is 1. The van der Waals surface area contributed by atoms with Gasteiger partial charge >= 0.3 is 6.36 Å². The quantitative estimate of drug-likeness (QED) is 0.770. The van der Waals surface area contributed by atoms with Crippen LogP contribution in [0.3, 0.4) is 0 Å². The molecule has 0 radical (unpaired) electrons. The number of aromatic nitrogens is 1. The van der Waals surface area contributed by atoms with E-state index in [0.29, 0.717) is 19.6 Å². The van der Waals surface area contributed by atoms with E-state index in [1.165, 1.54) is 16.4 Å². The van der Waals surface area contributed by atoms with Gasteiger partial charge < -0.3 is 4.74 Å². The number of pyridine rings is 1. The van der Waals surface area contributed by atoms with E-state index >= 15 is 0 Å². The predicted molar refractivity (Wildman–Crippen MR) is 91.4 cm³/mol. The molecule has 0 saturated carbocycles. The maximum atomic E-state index is 12.7. The van der Waals surface area contributed by atoms with Crippen LogP contribution in [0.15, 0.2) is 53.7 Å². The molecule has 2 heterocycles. The van der Waals surface area contributed by atoms with Gasteiger partial charge in [0.15, 0.2) is 0 Å². The molecule has 146 valence electrons. The van der Waals surface area contributed by atoms with Crippen LogP contribution in [0.2, 0.25) is 0 Å². The number of hydrogen-bond acceptors (Lipinski definition) is 5. The lowest BCUT2D eigenvalue weighted by molar-refractivity contribution is -0.274. The minimum absolute atomic E-state index is 0.216. The zero-order valence-corrected chi connectivity index (χ0v) is 15.1. The molecule has 2 aromatic rings. The highest BCUT2D eigenvalue weighted by atomic mass is 32.2. The van der Waals surface area contributed by atoms with Crippen LogP contribution >= 0.6 is 0 Å². The highest BCUT2D eigenvalue weighted by molar-refractivity contribution is 7.89. The van der Waals surface area contributed by atoms with E-state index in [9.17, 15) is 21.6 Å². The number of benzene rings is 1. The normalized spacial score (nSPS) is 17.0. The third-order valence-electron chi connectivity index (χ3n) is 4.16. The van der Waals surface area contributed by atoms with Crippen molar-refractivity contribution in [2.75, 3.05) is 26.2 Å². The molecule has 1 aromatic heterocycles. The zero-order chi connectivity index (χ0) is 19.5. The molecule has 0 amide bonds. The van der Waals surface area contributed by atoms with Gasteiger partial charge in [0.1, 0.15) is 5.75 Å². The Morgan fingerprint density at radius 1 is 1.04 bits per heavy atom. The molecule has 0 aliphatic carbocycles. The molecule has 0 atom stereocenters. The summed E-state index contributed by atoms with van der Waals surface area (Å²) in [6.07, 6.45) is -1.47. The van der Waals surface area contributed by atoms with E-state index in [4.69, 9.17) is 0 Å². The number of halogens is 3. The van der Waals surface area contributed by atoms with E-state index in [2.05, 4.69) is 14.6 Å². The average molecular weight is 401 g/mol. The Hall–Kier alpha value is -2.17. The van der Waals surface area contributed by atoms with E-state index in [1.54, 1.807) is 12.4 Å². The summed E-state index contributed by atoms with van der Waals surface area (Å²) >= 11 is 0. The first-order chi connectivity index (χ1) is 12.7. The van der Waals surface area contributed by atoms with Crippen LogP contribution in [-0.4, -0.2) is 55.1 Å². The number of ether oxygens (including phenoxy) is 1. The van der Waals surface area contributed by atoms with Crippen molar-refractivity contribution in [1.82, 2.24) is 14.2 Å². The van der Waals surface area contributed by atoms with Crippen molar-refractivity contribution < 1.29 is 26.3 Å². The van der Waals surface area contributed by atoms with Crippen LogP contribution in [0.4, 0.5) is 13.2 Å². The lowest BCUT2D eigenvalue weighted by Gasteiger charge is -2.34. The molecule has 0 unspecified atom stereocenters. The summed E-state index contributed by atoms with van der Waals surface area (Å²) in [5.74, 6) is -0.556. The first kappa shape index (κ1) is 19.6. The Morgan fingerprint density at radius 3 is 2.33 bits per heavy atom. The second-order valence-corrected chi connectivity index (χ2v) is 8.00. The lowest BCUT2D eigenvalue weighted by Crippen LogP contribution is -2.48. The molecule has 1 fully saturated rings. The summed E-state index contributed by atoms with van der Waals surface area (Å²) in [4.78, 5) is 5.86. The first-order valence-electron chi connectivity index (χ1n) is 8.21. The minimum atomic E-state index is -4.87. The van der Waals surface area contributed by atoms with Crippen molar-refractivity contribution in [1.29, 1.82) is 0 Å². The molecule has 6 nitrogen and oxygen atoms in total. The van der Waals surface area contributed by atoms with Crippen LogP contribution in [-0.2, 0) is 16.6 Å². The number of rotatable bonds is 5. The lowest BCUT2D eigenvalue weighted by atomic mass is 10.2. The van der Waals surface area contributed by atoms with Gasteiger partial charge in [-0.1, -0.05) is 6.07 Å². The molecule has 3 rings (SSSR count). The topological polar surface area (TPSA) is 62.7 Å². The highest BCUT2D eigenvalue weighted by Gasteiger charge is 2.33. The summed E-state index contributed by atoms with van der Waals surface area (Å²) < 4.78 is 67.6. The Balaban J connectivity index is 1.65. The smallest absolute Gasteiger partial charge is 0.406 e. The van der Waals surface area contributed by atoms with Gasteiger partial charge in [-0.05, 0) is 29.8 Å². The zero-order valence-electron chi connectivity index (χ0n) is 14.3. The van der Waals surface area contributed by atoms with Crippen molar-refractivity contribution in [3.63, 3.8) is 0 Å². The molecule has 1 aliphatic rings. The van der Waals surface area contributed by atoms with Gasteiger partial charge in [-0.15, -0.1) is 13.2 Å². The molecular weight excluding hydrogens is 383 g/mol. The summed E-state index contributed by atoms with van der Waals surface area (Å²) in [5, 5.41) is 0. The fourth-order valence-electron chi connectivity index (χ4n) is 2.86. The van der Waals surface area contributed by atoms with Crippen LogP contribution in [0.1, 0.15) is 5.56 Å². The van der Waals surface area contributed by atoms with Crippen LogP contribution in [0.5, 0.6) is 5.75 Å². The average Bonchev–Trinajstić information content (AvgIpc) is 2.62. The first-order valence-corrected chi connectivity index (χ1v) is 9.65. The molecule has 0 N–H and O–H groups in total. The summed E-state index contributed by atoms with van der Waals surface area (Å²) in [5.41, 5.74) is 1.08. The number of nitrogens with zero attached hydrogens (tertiary/aromatic N) is 3. The Labute approximate surface area is 155 Å². The van der Waals surface area contributed by atoms with E-state index in [1.807, 2.05) is 12.1 Å². The van der Waals surface area contributed by atoms with Crippen LogP contribution in [0, 0.1) is 0 Å². The fraction of sp³-hybridized carbons (Fsp3) is 0.353. The standard InChI is InChI=1S/C17H18F3N3O3S/c18-17(19,20)26-15-2-1-3-16(12-15)27(24,25)23-10-8-22(9-11-23)13-14-4-6-21-7-5-14/h1-7,12H,8-11,13H2. The van der Waals surface area contributed by atoms with Crippen molar-refractivity contribution in [2.24, 2.45) is 0 Å². The van der Waals surface area contributed by atoms with Crippen molar-refractivity contribution in [3.8, 4) is 5.75 Å². The summed E-state index contributed by atoms with van der Waals surface area (Å²) in [6.45, 7) is 2.27. The molecule has 0 spiro atoms. The van der Waals surface area contributed by atoms with Gasteiger partial charge in [-0.25, -0.2) is 8.42 Å². The molecule has 1 aromatic carbocycles. The van der Waals surface area contributed by atoms with Gasteiger partial charge in [0.05, 0.1) is 4.90 Å². The van der Waals surface area contributed by atoms with Crippen molar-refractivity contribution in [2.45, 2.75) is 17.8 Å². The Morgan fingerprint density at radius 2 is 1.70 bits per heavy atom. The van der Waals surface area contributed by atoms with E-state index < -0.39 is 22.1 Å². The molecule has 27 heavy (non-hydrogen) atoms. The van der Waals surface area contributed by atoms with E-state index in [-0.39, 0.29) is 18.0 Å². The minimum Gasteiger partial charge on any atom is -0.406 e. The molecule has 1 aliphatic heterocycles. The molecule has 10 heteroatoms. The highest BCUT2D eigenvalue weighted by Crippen LogP contribution is 2.26. The molecular formula is C17H18F3N3O3S. The number of sulfonamides is 1. The van der Waals surface area contributed by atoms with E-state index in [0.717, 1.165) is 17.7 Å². The number of hydrogen-bond donors (Lipinski definition) is 0. The Kier molecular flexibility index (Phi) is 5.68. The molecule has 1 saturated heterocycles.